The molecule has 5 aromatic rings. The molecule has 1 aliphatic heterocycles. The van der Waals surface area contributed by atoms with Gasteiger partial charge in [-0.3, -0.25) is 4.90 Å². The molecule has 0 spiro atoms. The minimum atomic E-state index is 0.165. The van der Waals surface area contributed by atoms with Crippen molar-refractivity contribution in [1.82, 2.24) is 34.6 Å². The number of hydrogen-bond acceptors (Lipinski definition) is 7. The number of aromatic nitrogens is 6. The van der Waals surface area contributed by atoms with Gasteiger partial charge in [0.2, 0.25) is 0 Å². The monoisotopic (exact) mass is 522 g/mol. The van der Waals surface area contributed by atoms with E-state index in [4.69, 9.17) is 20.6 Å². The number of fused-ring (bicyclic) bond motifs is 2. The van der Waals surface area contributed by atoms with E-state index in [-0.39, 0.29) is 5.92 Å². The fourth-order valence-corrected chi connectivity index (χ4v) is 6.34. The molecule has 0 radical (unpaired) electrons. The van der Waals surface area contributed by atoms with Gasteiger partial charge in [-0.2, -0.15) is 5.10 Å². The van der Waals surface area contributed by atoms with Crippen molar-refractivity contribution in [2.24, 2.45) is 0 Å². The smallest absolute Gasteiger partial charge is 0.164 e. The molecule has 7 rings (SSSR count). The number of morpholine rings is 1. The highest BCUT2D eigenvalue weighted by Gasteiger charge is 2.30. The molecular formula is C30H34N8O. The third-order valence-corrected chi connectivity index (χ3v) is 8.58. The van der Waals surface area contributed by atoms with Crippen LogP contribution in [0.3, 0.4) is 0 Å². The zero-order chi connectivity index (χ0) is 26.3. The number of anilines is 1. The van der Waals surface area contributed by atoms with Gasteiger partial charge in [-0.25, -0.2) is 19.6 Å². The molecule has 2 aromatic carbocycles. The first-order valence-corrected chi connectivity index (χ1v) is 14.0. The van der Waals surface area contributed by atoms with E-state index >= 15 is 0 Å². The number of nitrogens with two attached hydrogens (primary N) is 1. The van der Waals surface area contributed by atoms with Crippen LogP contribution in [0.4, 0.5) is 5.82 Å². The Morgan fingerprint density at radius 1 is 0.974 bits per heavy atom. The quantitative estimate of drug-likeness (QED) is 0.337. The van der Waals surface area contributed by atoms with Crippen molar-refractivity contribution >= 4 is 27.9 Å². The summed E-state index contributed by atoms with van der Waals surface area (Å²) in [6, 6.07) is 17.6. The molecule has 3 N–H and O–H groups in total. The van der Waals surface area contributed by atoms with Gasteiger partial charge in [-0.15, -0.1) is 0 Å². The molecule has 1 unspecified atom stereocenters. The van der Waals surface area contributed by atoms with E-state index in [2.05, 4.69) is 73.9 Å². The first kappa shape index (κ1) is 24.2. The van der Waals surface area contributed by atoms with Crippen molar-refractivity contribution in [2.45, 2.75) is 50.6 Å². The van der Waals surface area contributed by atoms with E-state index in [1.807, 2.05) is 6.07 Å². The highest BCUT2D eigenvalue weighted by atomic mass is 16.5. The van der Waals surface area contributed by atoms with Gasteiger partial charge in [-0.05, 0) is 43.4 Å². The summed E-state index contributed by atoms with van der Waals surface area (Å²) in [5, 5.41) is 5.97. The van der Waals surface area contributed by atoms with Crippen molar-refractivity contribution < 1.29 is 4.74 Å². The van der Waals surface area contributed by atoms with Crippen LogP contribution in [0.25, 0.3) is 33.3 Å². The molecule has 0 bridgehead atoms. The maximum atomic E-state index is 6.43. The lowest BCUT2D eigenvalue weighted by molar-refractivity contribution is 0.00520. The average Bonchev–Trinajstić information content (AvgIpc) is 3.60. The Hall–Kier alpha value is -3.82. The van der Waals surface area contributed by atoms with E-state index in [1.165, 1.54) is 5.56 Å². The fraction of sp³-hybridized carbons (Fsp3) is 0.400. The number of benzene rings is 2. The van der Waals surface area contributed by atoms with Gasteiger partial charge in [0.1, 0.15) is 23.7 Å². The van der Waals surface area contributed by atoms with Crippen molar-refractivity contribution in [3.8, 4) is 11.3 Å². The van der Waals surface area contributed by atoms with Crippen LogP contribution in [0.15, 0.2) is 54.9 Å². The molecule has 0 amide bonds. The van der Waals surface area contributed by atoms with Gasteiger partial charge in [-0.1, -0.05) is 43.3 Å². The lowest BCUT2D eigenvalue weighted by Crippen LogP contribution is -2.45. The first-order chi connectivity index (χ1) is 19.2. The molecule has 9 heteroatoms. The molecule has 3 aromatic heterocycles. The maximum Gasteiger partial charge on any atom is 0.164 e. The van der Waals surface area contributed by atoms with E-state index in [0.29, 0.717) is 17.9 Å². The Kier molecular flexibility index (Phi) is 6.25. The van der Waals surface area contributed by atoms with Crippen LogP contribution in [0.2, 0.25) is 0 Å². The Morgan fingerprint density at radius 3 is 2.54 bits per heavy atom. The van der Waals surface area contributed by atoms with Crippen LogP contribution in [0.1, 0.15) is 56.0 Å². The van der Waals surface area contributed by atoms with Gasteiger partial charge in [0.25, 0.3) is 0 Å². The van der Waals surface area contributed by atoms with Crippen molar-refractivity contribution in [2.75, 3.05) is 32.0 Å². The van der Waals surface area contributed by atoms with Gasteiger partial charge < -0.3 is 15.5 Å². The third-order valence-electron chi connectivity index (χ3n) is 8.58. The largest absolute Gasteiger partial charge is 0.383 e. The Morgan fingerprint density at radius 2 is 1.74 bits per heavy atom. The number of aromatic amines is 1. The third kappa shape index (κ3) is 4.45. The number of nitrogens with one attached hydrogen (secondary N) is 1. The summed E-state index contributed by atoms with van der Waals surface area (Å²) in [6.07, 6.45) is 6.01. The second-order valence-corrected chi connectivity index (χ2v) is 10.8. The topological polar surface area (TPSA) is 111 Å². The Balaban J connectivity index is 1.21. The summed E-state index contributed by atoms with van der Waals surface area (Å²) in [7, 11) is 0. The van der Waals surface area contributed by atoms with E-state index in [0.717, 1.165) is 91.1 Å². The van der Waals surface area contributed by atoms with Gasteiger partial charge in [0, 0.05) is 30.6 Å². The normalized spacial score (nSPS) is 21.5. The number of ether oxygens (including phenoxy) is 1. The van der Waals surface area contributed by atoms with E-state index < -0.39 is 0 Å². The predicted octanol–water partition coefficient (Wildman–Crippen LogP) is 4.92. The fourth-order valence-electron chi connectivity index (χ4n) is 6.34. The van der Waals surface area contributed by atoms with Gasteiger partial charge >= 0.3 is 0 Å². The summed E-state index contributed by atoms with van der Waals surface area (Å²) >= 11 is 0. The van der Waals surface area contributed by atoms with E-state index in [9.17, 15) is 0 Å². The lowest BCUT2D eigenvalue weighted by atomic mass is 9.90. The molecule has 2 aliphatic rings. The second-order valence-electron chi connectivity index (χ2n) is 10.8. The molecule has 39 heavy (non-hydrogen) atoms. The number of hydrogen-bond donors (Lipinski definition) is 2. The minimum absolute atomic E-state index is 0.165. The van der Waals surface area contributed by atoms with Crippen LogP contribution in [0.5, 0.6) is 0 Å². The van der Waals surface area contributed by atoms with E-state index in [1.54, 1.807) is 6.33 Å². The summed E-state index contributed by atoms with van der Waals surface area (Å²) in [5.41, 5.74) is 12.2. The second kappa shape index (κ2) is 10.1. The van der Waals surface area contributed by atoms with Crippen LogP contribution in [-0.4, -0.2) is 67.0 Å². The highest BCUT2D eigenvalue weighted by Crippen LogP contribution is 2.37. The minimum Gasteiger partial charge on any atom is -0.383 e. The molecule has 200 valence electrons. The summed E-state index contributed by atoms with van der Waals surface area (Å²) in [4.78, 5) is 20.0. The SMILES string of the molecule is CC(c1ccccc1)c1nc2ccc(-c3nn([C@H]4CC[C@H](N5CCOCC5)CC4)c4ncnc(N)c34)cc2[nH]1. The standard InChI is InChI=1S/C30H34N8O/c1-19(20-5-3-2-4-6-20)29-34-24-12-7-21(17-25(24)35-29)27-26-28(31)32-18-33-30(26)38(36-27)23-10-8-22(9-11-23)37-13-15-39-16-14-37/h2-7,12,17-19,22-23H,8-11,13-16H2,1H3,(H,34,35)(H2,31,32,33)/t19?,22-,23-. The van der Waals surface area contributed by atoms with Gasteiger partial charge in [0.15, 0.2) is 5.65 Å². The highest BCUT2D eigenvalue weighted by molar-refractivity contribution is 5.99. The molecule has 2 fully saturated rings. The van der Waals surface area contributed by atoms with Crippen LogP contribution in [-0.2, 0) is 4.74 Å². The number of nitrogens with zero attached hydrogens (tertiary/aromatic N) is 6. The molecule has 4 heterocycles. The first-order valence-electron chi connectivity index (χ1n) is 14.0. The Labute approximate surface area is 227 Å². The number of nitrogen functional groups attached to an aromatic ring is 1. The summed E-state index contributed by atoms with van der Waals surface area (Å²) < 4.78 is 7.67. The summed E-state index contributed by atoms with van der Waals surface area (Å²) in [6.45, 7) is 5.94. The van der Waals surface area contributed by atoms with Crippen LogP contribution in [0, 0.1) is 0 Å². The predicted molar refractivity (Wildman–Crippen MR) is 152 cm³/mol. The molecular weight excluding hydrogens is 488 g/mol. The molecule has 1 atom stereocenters. The lowest BCUT2D eigenvalue weighted by Gasteiger charge is -2.38. The average molecular weight is 523 g/mol. The molecule has 1 aliphatic carbocycles. The number of imidazole rings is 1. The summed E-state index contributed by atoms with van der Waals surface area (Å²) in [5.74, 6) is 1.58. The Bertz CT molecular complexity index is 1600. The maximum absolute atomic E-state index is 6.43. The zero-order valence-corrected chi connectivity index (χ0v) is 22.3. The molecule has 1 saturated heterocycles. The molecule has 9 nitrogen and oxygen atoms in total. The van der Waals surface area contributed by atoms with Gasteiger partial charge in [0.05, 0.1) is 35.7 Å². The molecule has 1 saturated carbocycles. The van der Waals surface area contributed by atoms with Crippen LogP contribution < -0.4 is 5.73 Å². The van der Waals surface area contributed by atoms with Crippen molar-refractivity contribution in [3.05, 3.63) is 66.2 Å². The van der Waals surface area contributed by atoms with Crippen molar-refractivity contribution in [3.63, 3.8) is 0 Å². The zero-order valence-electron chi connectivity index (χ0n) is 22.3. The van der Waals surface area contributed by atoms with Crippen LogP contribution >= 0.6 is 0 Å². The van der Waals surface area contributed by atoms with Crippen molar-refractivity contribution in [1.29, 1.82) is 0 Å². The number of rotatable bonds is 5. The number of H-pyrrole nitrogens is 1.